The lowest BCUT2D eigenvalue weighted by molar-refractivity contribution is -0.386. The number of alkyl halides is 2. The summed E-state index contributed by atoms with van der Waals surface area (Å²) in [6.07, 6.45) is -3.38. The maximum atomic E-state index is 12.4. The Kier molecular flexibility index (Phi) is 3.48. The average Bonchev–Trinajstić information content (AvgIpc) is 2.14. The van der Waals surface area contributed by atoms with Gasteiger partial charge in [0.15, 0.2) is 10.7 Å². The monoisotopic (exact) mass is 288 g/mol. The fourth-order valence-corrected chi connectivity index (χ4v) is 1.63. The van der Waals surface area contributed by atoms with Crippen molar-refractivity contribution in [2.24, 2.45) is 0 Å². The van der Waals surface area contributed by atoms with Crippen LogP contribution in [0.15, 0.2) is 11.1 Å². The third-order valence-electron chi connectivity index (χ3n) is 1.63. The first-order chi connectivity index (χ1) is 7.64. The van der Waals surface area contributed by atoms with Gasteiger partial charge in [0.25, 0.3) is 15.5 Å². The molecular formula is C6H3ClF2N2O5S. The van der Waals surface area contributed by atoms with Crippen LogP contribution in [0.2, 0.25) is 0 Å². The van der Waals surface area contributed by atoms with Crippen molar-refractivity contribution < 1.29 is 27.2 Å². The van der Waals surface area contributed by atoms with Gasteiger partial charge < -0.3 is 5.11 Å². The molecule has 0 unspecified atom stereocenters. The molecule has 0 aromatic carbocycles. The molecule has 94 valence electrons. The van der Waals surface area contributed by atoms with Gasteiger partial charge in [-0.25, -0.2) is 22.2 Å². The number of aromatic hydroxyl groups is 1. The maximum absolute atomic E-state index is 12.4. The minimum Gasteiger partial charge on any atom is -0.501 e. The molecule has 0 aliphatic rings. The Hall–Kier alpha value is -1.55. The van der Waals surface area contributed by atoms with Crippen LogP contribution in [0.1, 0.15) is 12.1 Å². The van der Waals surface area contributed by atoms with E-state index in [1.807, 2.05) is 0 Å². The molecule has 0 aliphatic heterocycles. The molecule has 0 atom stereocenters. The van der Waals surface area contributed by atoms with E-state index in [0.717, 1.165) is 0 Å². The molecule has 1 aromatic heterocycles. The summed E-state index contributed by atoms with van der Waals surface area (Å²) in [7, 11) is 0.305. The lowest BCUT2D eigenvalue weighted by atomic mass is 10.3. The first-order valence-electron chi connectivity index (χ1n) is 3.75. The van der Waals surface area contributed by atoms with Gasteiger partial charge in [-0.15, -0.1) is 0 Å². The highest BCUT2D eigenvalue weighted by molar-refractivity contribution is 8.13. The molecule has 1 rings (SSSR count). The molecule has 0 aliphatic carbocycles. The maximum Gasteiger partial charge on any atom is 0.315 e. The van der Waals surface area contributed by atoms with Crippen molar-refractivity contribution in [1.82, 2.24) is 4.98 Å². The van der Waals surface area contributed by atoms with Gasteiger partial charge in [-0.05, 0) is 0 Å². The highest BCUT2D eigenvalue weighted by Crippen LogP contribution is 2.36. The number of pyridine rings is 1. The van der Waals surface area contributed by atoms with E-state index in [0.29, 0.717) is 6.07 Å². The highest BCUT2D eigenvalue weighted by atomic mass is 35.7. The molecule has 0 saturated heterocycles. The van der Waals surface area contributed by atoms with Crippen molar-refractivity contribution in [2.45, 2.75) is 11.5 Å². The largest absolute Gasteiger partial charge is 0.501 e. The lowest BCUT2D eigenvalue weighted by Gasteiger charge is -2.04. The molecule has 0 fully saturated rings. The van der Waals surface area contributed by atoms with E-state index in [4.69, 9.17) is 15.8 Å². The Morgan fingerprint density at radius 3 is 2.41 bits per heavy atom. The van der Waals surface area contributed by atoms with E-state index in [2.05, 4.69) is 4.98 Å². The van der Waals surface area contributed by atoms with E-state index in [1.165, 1.54) is 0 Å². The van der Waals surface area contributed by atoms with Crippen LogP contribution in [0, 0.1) is 10.1 Å². The van der Waals surface area contributed by atoms with Crippen molar-refractivity contribution >= 4 is 25.4 Å². The smallest absolute Gasteiger partial charge is 0.315 e. The number of nitrogens with zero attached hydrogens (tertiary/aromatic N) is 2. The zero-order valence-corrected chi connectivity index (χ0v) is 9.24. The van der Waals surface area contributed by atoms with Crippen molar-refractivity contribution in [3.05, 3.63) is 21.9 Å². The summed E-state index contributed by atoms with van der Waals surface area (Å²) in [5, 5.41) is 18.4. The molecule has 1 aromatic rings. The summed E-state index contributed by atoms with van der Waals surface area (Å²) < 4.78 is 46.4. The molecule has 11 heteroatoms. The average molecular weight is 289 g/mol. The Balaban J connectivity index is 3.65. The third-order valence-corrected chi connectivity index (χ3v) is 2.81. The molecule has 0 bridgehead atoms. The van der Waals surface area contributed by atoms with Gasteiger partial charge in [0.2, 0.25) is 5.75 Å². The molecule has 0 spiro atoms. The minimum atomic E-state index is -4.52. The summed E-state index contributed by atoms with van der Waals surface area (Å²) in [6, 6.07) is 0.295. The molecule has 0 saturated carbocycles. The molecule has 17 heavy (non-hydrogen) atoms. The fourth-order valence-electron chi connectivity index (χ4n) is 0.937. The van der Waals surface area contributed by atoms with Gasteiger partial charge in [0.1, 0.15) is 0 Å². The topological polar surface area (TPSA) is 110 Å². The molecule has 7 nitrogen and oxygen atoms in total. The van der Waals surface area contributed by atoms with Gasteiger partial charge >= 0.3 is 5.69 Å². The van der Waals surface area contributed by atoms with Gasteiger partial charge in [-0.1, -0.05) is 0 Å². The summed E-state index contributed by atoms with van der Waals surface area (Å²) in [6.45, 7) is 0. The number of rotatable bonds is 3. The number of halogens is 3. The molecule has 0 amide bonds. The van der Waals surface area contributed by atoms with Crippen molar-refractivity contribution in [1.29, 1.82) is 0 Å². The molecular weight excluding hydrogens is 286 g/mol. The van der Waals surface area contributed by atoms with E-state index in [-0.39, 0.29) is 0 Å². The SMILES string of the molecule is O=[N+]([O-])c1cc(S(=O)(=O)Cl)nc(C(F)F)c1O. The van der Waals surface area contributed by atoms with Gasteiger partial charge in [0.05, 0.1) is 11.0 Å². The predicted octanol–water partition coefficient (Wildman–Crippen LogP) is 1.56. The number of hydrogen-bond donors (Lipinski definition) is 1. The van der Waals surface area contributed by atoms with Gasteiger partial charge in [-0.3, -0.25) is 10.1 Å². The van der Waals surface area contributed by atoms with Gasteiger partial charge in [-0.2, -0.15) is 0 Å². The van der Waals surface area contributed by atoms with Crippen molar-refractivity contribution in [2.75, 3.05) is 0 Å². The normalized spacial score (nSPS) is 11.8. The zero-order chi connectivity index (χ0) is 13.4. The van der Waals surface area contributed by atoms with Crippen LogP contribution in [0.25, 0.3) is 0 Å². The molecule has 0 radical (unpaired) electrons. The minimum absolute atomic E-state index is 0.295. The second-order valence-corrected chi connectivity index (χ2v) is 5.22. The molecule has 1 N–H and O–H groups in total. The summed E-state index contributed by atoms with van der Waals surface area (Å²) in [5.74, 6) is -1.39. The predicted molar refractivity (Wildman–Crippen MR) is 50.6 cm³/mol. The lowest BCUT2D eigenvalue weighted by Crippen LogP contribution is -2.03. The Labute approximate surface area is 97.2 Å². The second-order valence-electron chi connectivity index (χ2n) is 2.71. The quantitative estimate of drug-likeness (QED) is 0.513. The van der Waals surface area contributed by atoms with Crippen LogP contribution in [0.3, 0.4) is 0 Å². The van der Waals surface area contributed by atoms with E-state index in [9.17, 15) is 27.3 Å². The number of nitro groups is 1. The van der Waals surface area contributed by atoms with Crippen LogP contribution >= 0.6 is 10.7 Å². The van der Waals surface area contributed by atoms with Crippen molar-refractivity contribution in [3.8, 4) is 5.75 Å². The standard InChI is InChI=1S/C6H3ClF2N2O5S/c7-17(15,16)3-1-2(11(13)14)5(12)4(10-3)6(8)9/h1,6,12H. The van der Waals surface area contributed by atoms with E-state index >= 15 is 0 Å². The number of aromatic nitrogens is 1. The third kappa shape index (κ3) is 2.77. The summed E-state index contributed by atoms with van der Waals surface area (Å²) in [4.78, 5) is 12.0. The van der Waals surface area contributed by atoms with E-state index in [1.54, 1.807) is 0 Å². The van der Waals surface area contributed by atoms with Crippen molar-refractivity contribution in [3.63, 3.8) is 0 Å². The molecule has 1 heterocycles. The Morgan fingerprint density at radius 2 is 2.06 bits per heavy atom. The first kappa shape index (κ1) is 13.5. The summed E-state index contributed by atoms with van der Waals surface area (Å²) >= 11 is 0. The van der Waals surface area contributed by atoms with E-state index < -0.39 is 42.6 Å². The Bertz CT molecular complexity index is 576. The van der Waals surface area contributed by atoms with Gasteiger partial charge in [0, 0.05) is 10.7 Å². The summed E-state index contributed by atoms with van der Waals surface area (Å²) in [5.41, 5.74) is -2.63. The Morgan fingerprint density at radius 1 is 1.53 bits per heavy atom. The van der Waals surface area contributed by atoms with Crippen LogP contribution in [0.5, 0.6) is 5.75 Å². The first-order valence-corrected chi connectivity index (χ1v) is 6.06. The van der Waals surface area contributed by atoms with Crippen LogP contribution < -0.4 is 0 Å². The zero-order valence-electron chi connectivity index (χ0n) is 7.67. The highest BCUT2D eigenvalue weighted by Gasteiger charge is 2.29. The number of hydrogen-bond acceptors (Lipinski definition) is 6. The van der Waals surface area contributed by atoms with Crippen LogP contribution in [-0.2, 0) is 9.05 Å². The second kappa shape index (κ2) is 4.37. The fraction of sp³-hybridized carbons (Fsp3) is 0.167. The van der Waals surface area contributed by atoms with Crippen LogP contribution in [0.4, 0.5) is 14.5 Å². The van der Waals surface area contributed by atoms with Crippen LogP contribution in [-0.4, -0.2) is 23.4 Å².